The molecule has 1 N–H and O–H groups in total. The molecule has 19 heavy (non-hydrogen) atoms. The molecular formula is C13H15N5O. The number of hydrogen-bond acceptors (Lipinski definition) is 5. The van der Waals surface area contributed by atoms with E-state index in [0.29, 0.717) is 5.92 Å². The molecule has 6 nitrogen and oxygen atoms in total. The number of anilines is 1. The molecule has 98 valence electrons. The Morgan fingerprint density at radius 2 is 2.05 bits per heavy atom. The van der Waals surface area contributed by atoms with Crippen molar-refractivity contribution in [3.63, 3.8) is 0 Å². The number of aromatic amines is 1. The fourth-order valence-corrected chi connectivity index (χ4v) is 2.49. The minimum Gasteiger partial charge on any atom is -0.340 e. The molecule has 0 spiro atoms. The predicted molar refractivity (Wildman–Crippen MR) is 71.1 cm³/mol. The lowest BCUT2D eigenvalue weighted by atomic mass is 9.95. The molecular weight excluding hydrogens is 242 g/mol. The summed E-state index contributed by atoms with van der Waals surface area (Å²) >= 11 is 0. The van der Waals surface area contributed by atoms with Gasteiger partial charge in [0.2, 0.25) is 5.95 Å². The Bertz CT molecular complexity index is 597. The maximum absolute atomic E-state index is 11.3. The summed E-state index contributed by atoms with van der Waals surface area (Å²) in [6, 6.07) is 3.69. The van der Waals surface area contributed by atoms with Crippen LogP contribution in [0.2, 0.25) is 0 Å². The predicted octanol–water partition coefficient (Wildman–Crippen LogP) is 0.944. The molecule has 0 amide bonds. The highest BCUT2D eigenvalue weighted by Crippen LogP contribution is 2.26. The molecule has 0 aromatic carbocycles. The summed E-state index contributed by atoms with van der Waals surface area (Å²) in [5.74, 6) is 1.05. The molecule has 0 radical (unpaired) electrons. The molecule has 2 aromatic heterocycles. The van der Waals surface area contributed by atoms with Crippen LogP contribution in [0.4, 0.5) is 5.95 Å². The van der Waals surface area contributed by atoms with Crippen LogP contribution in [0.5, 0.6) is 0 Å². The highest BCUT2D eigenvalue weighted by molar-refractivity contribution is 5.31. The summed E-state index contributed by atoms with van der Waals surface area (Å²) in [5.41, 5.74) is 0.659. The van der Waals surface area contributed by atoms with Crippen molar-refractivity contribution in [2.45, 2.75) is 18.8 Å². The van der Waals surface area contributed by atoms with E-state index >= 15 is 0 Å². The zero-order valence-electron chi connectivity index (χ0n) is 10.5. The number of rotatable bonds is 2. The Hall–Kier alpha value is -2.24. The first-order valence-electron chi connectivity index (χ1n) is 6.40. The number of hydrogen-bond donors (Lipinski definition) is 1. The molecule has 0 aliphatic carbocycles. The second-order valence-electron chi connectivity index (χ2n) is 4.66. The van der Waals surface area contributed by atoms with Gasteiger partial charge < -0.3 is 9.88 Å². The number of aromatic nitrogens is 4. The van der Waals surface area contributed by atoms with Gasteiger partial charge >= 0.3 is 5.69 Å². The Labute approximate surface area is 110 Å². The van der Waals surface area contributed by atoms with Gasteiger partial charge in [-0.05, 0) is 25.0 Å². The fraction of sp³-hybridized carbons (Fsp3) is 0.385. The van der Waals surface area contributed by atoms with Crippen LogP contribution in [0.25, 0.3) is 0 Å². The van der Waals surface area contributed by atoms with Crippen molar-refractivity contribution in [2.75, 3.05) is 18.0 Å². The van der Waals surface area contributed by atoms with Crippen LogP contribution < -0.4 is 10.6 Å². The first-order valence-corrected chi connectivity index (χ1v) is 6.40. The maximum atomic E-state index is 11.3. The zero-order chi connectivity index (χ0) is 13.1. The number of nitrogens with zero attached hydrogens (tertiary/aromatic N) is 4. The number of H-pyrrole nitrogens is 1. The number of piperidine rings is 1. The summed E-state index contributed by atoms with van der Waals surface area (Å²) < 4.78 is 0. The van der Waals surface area contributed by atoms with Crippen LogP contribution in [-0.4, -0.2) is 33.0 Å². The van der Waals surface area contributed by atoms with Gasteiger partial charge in [0, 0.05) is 43.3 Å². The first-order chi connectivity index (χ1) is 9.33. The van der Waals surface area contributed by atoms with Crippen LogP contribution >= 0.6 is 0 Å². The lowest BCUT2D eigenvalue weighted by Crippen LogP contribution is -2.36. The summed E-state index contributed by atoms with van der Waals surface area (Å²) in [6.45, 7) is 1.78. The summed E-state index contributed by atoms with van der Waals surface area (Å²) in [6.07, 6.45) is 7.18. The second-order valence-corrected chi connectivity index (χ2v) is 4.66. The topological polar surface area (TPSA) is 74.8 Å². The van der Waals surface area contributed by atoms with E-state index in [1.807, 2.05) is 12.1 Å². The first kappa shape index (κ1) is 11.8. The molecule has 1 aliphatic heterocycles. The minimum absolute atomic E-state index is 0.286. The van der Waals surface area contributed by atoms with Gasteiger partial charge in [0.05, 0.1) is 0 Å². The van der Waals surface area contributed by atoms with E-state index < -0.39 is 0 Å². The third-order valence-electron chi connectivity index (χ3n) is 3.39. The van der Waals surface area contributed by atoms with Crippen molar-refractivity contribution in [1.29, 1.82) is 0 Å². The summed E-state index contributed by atoms with van der Waals surface area (Å²) in [7, 11) is 0. The van der Waals surface area contributed by atoms with Crippen LogP contribution in [0, 0.1) is 0 Å². The fourth-order valence-electron chi connectivity index (χ4n) is 2.49. The molecule has 0 unspecified atom stereocenters. The average molecular weight is 257 g/mol. The van der Waals surface area contributed by atoms with E-state index in [4.69, 9.17) is 0 Å². The van der Waals surface area contributed by atoms with Crippen molar-refractivity contribution in [1.82, 2.24) is 19.9 Å². The highest BCUT2D eigenvalue weighted by Gasteiger charge is 2.23. The van der Waals surface area contributed by atoms with E-state index in [9.17, 15) is 4.79 Å². The van der Waals surface area contributed by atoms with Gasteiger partial charge in [0.25, 0.3) is 0 Å². The standard InChI is InChI=1S/C13H15N5O/c19-13-16-7-4-11(17-13)10-3-1-8-18(9-10)12-14-5-2-6-15-12/h2,4-7,10H,1,3,8-9H2,(H,16,17,19)/t10-/m1/s1. The van der Waals surface area contributed by atoms with Gasteiger partial charge in [-0.2, -0.15) is 0 Å². The largest absolute Gasteiger partial charge is 0.345 e. The number of nitrogens with one attached hydrogen (secondary N) is 1. The van der Waals surface area contributed by atoms with Crippen LogP contribution in [0.1, 0.15) is 24.5 Å². The van der Waals surface area contributed by atoms with Crippen molar-refractivity contribution in [2.24, 2.45) is 0 Å². The van der Waals surface area contributed by atoms with Gasteiger partial charge in [-0.1, -0.05) is 0 Å². The smallest absolute Gasteiger partial charge is 0.340 e. The van der Waals surface area contributed by atoms with Crippen LogP contribution in [0.3, 0.4) is 0 Å². The lowest BCUT2D eigenvalue weighted by Gasteiger charge is -2.32. The van der Waals surface area contributed by atoms with Gasteiger partial charge in [0.15, 0.2) is 0 Å². The third-order valence-corrected chi connectivity index (χ3v) is 3.39. The average Bonchev–Trinajstić information content (AvgIpc) is 2.48. The Morgan fingerprint density at radius 1 is 1.21 bits per heavy atom. The highest BCUT2D eigenvalue weighted by atomic mass is 16.1. The third kappa shape index (κ3) is 2.62. The molecule has 2 aromatic rings. The molecule has 3 rings (SSSR count). The molecule has 0 bridgehead atoms. The molecule has 6 heteroatoms. The summed E-state index contributed by atoms with van der Waals surface area (Å²) in [4.78, 5) is 28.5. The Morgan fingerprint density at radius 3 is 2.84 bits per heavy atom. The van der Waals surface area contributed by atoms with Gasteiger partial charge in [-0.3, -0.25) is 0 Å². The van der Waals surface area contributed by atoms with E-state index in [1.54, 1.807) is 18.6 Å². The molecule has 1 atom stereocenters. The van der Waals surface area contributed by atoms with E-state index in [-0.39, 0.29) is 5.69 Å². The Kier molecular flexibility index (Phi) is 3.22. The quantitative estimate of drug-likeness (QED) is 0.866. The van der Waals surface area contributed by atoms with Crippen molar-refractivity contribution >= 4 is 5.95 Å². The van der Waals surface area contributed by atoms with E-state index in [2.05, 4.69) is 24.8 Å². The molecule has 1 aliphatic rings. The molecule has 3 heterocycles. The normalized spacial score (nSPS) is 19.4. The van der Waals surface area contributed by atoms with Gasteiger partial charge in [-0.15, -0.1) is 0 Å². The van der Waals surface area contributed by atoms with E-state index in [1.165, 1.54) is 0 Å². The lowest BCUT2D eigenvalue weighted by molar-refractivity contribution is 0.493. The van der Waals surface area contributed by atoms with Crippen molar-refractivity contribution < 1.29 is 0 Å². The molecule has 0 saturated carbocycles. The van der Waals surface area contributed by atoms with Gasteiger partial charge in [0.1, 0.15) is 0 Å². The van der Waals surface area contributed by atoms with Crippen molar-refractivity contribution in [3.05, 3.63) is 46.9 Å². The molecule has 1 fully saturated rings. The molecule has 1 saturated heterocycles. The monoisotopic (exact) mass is 257 g/mol. The minimum atomic E-state index is -0.286. The zero-order valence-corrected chi connectivity index (χ0v) is 10.5. The Balaban J connectivity index is 1.80. The summed E-state index contributed by atoms with van der Waals surface area (Å²) in [5, 5.41) is 0. The van der Waals surface area contributed by atoms with Crippen LogP contribution in [0.15, 0.2) is 35.5 Å². The second kappa shape index (κ2) is 5.17. The van der Waals surface area contributed by atoms with Crippen molar-refractivity contribution in [3.8, 4) is 0 Å². The van der Waals surface area contributed by atoms with E-state index in [0.717, 1.165) is 37.6 Å². The van der Waals surface area contributed by atoms with Gasteiger partial charge in [-0.25, -0.2) is 19.7 Å². The SMILES string of the molecule is O=c1nccc([C@@H]2CCCN(c3ncccn3)C2)[nH]1. The maximum Gasteiger partial charge on any atom is 0.345 e. The van der Waals surface area contributed by atoms with Crippen LogP contribution in [-0.2, 0) is 0 Å².